The molecule has 18 heavy (non-hydrogen) atoms. The molecule has 1 aromatic rings. The fraction of sp³-hybridized carbons (Fsp3) is 0.600. The van der Waals surface area contributed by atoms with Crippen molar-refractivity contribution in [3.63, 3.8) is 0 Å². The highest BCUT2D eigenvalue weighted by atomic mass is 16.5. The van der Waals surface area contributed by atoms with Crippen molar-refractivity contribution in [2.75, 3.05) is 26.2 Å². The summed E-state index contributed by atoms with van der Waals surface area (Å²) >= 11 is 0. The Morgan fingerprint density at radius 2 is 2.06 bits per heavy atom. The van der Waals surface area contributed by atoms with E-state index in [0.717, 1.165) is 26.2 Å². The van der Waals surface area contributed by atoms with Crippen molar-refractivity contribution in [1.29, 1.82) is 0 Å². The molecule has 1 fully saturated rings. The first kappa shape index (κ1) is 13.5. The summed E-state index contributed by atoms with van der Waals surface area (Å²) in [5, 5.41) is 0. The van der Waals surface area contributed by atoms with E-state index in [9.17, 15) is 0 Å². The molecule has 2 N–H and O–H groups in total. The van der Waals surface area contributed by atoms with Crippen molar-refractivity contribution < 1.29 is 4.74 Å². The largest absolute Gasteiger partial charge is 0.375 e. The fourth-order valence-electron chi connectivity index (χ4n) is 2.29. The van der Waals surface area contributed by atoms with Gasteiger partial charge in [-0.3, -0.25) is 4.90 Å². The summed E-state index contributed by atoms with van der Waals surface area (Å²) in [6, 6.07) is 10.6. The van der Waals surface area contributed by atoms with Crippen LogP contribution in [0.1, 0.15) is 19.4 Å². The predicted molar refractivity (Wildman–Crippen MR) is 74.3 cm³/mol. The quantitative estimate of drug-likeness (QED) is 0.884. The zero-order valence-electron chi connectivity index (χ0n) is 11.4. The third-order valence-electron chi connectivity index (χ3n) is 3.80. The molecule has 1 saturated heterocycles. The Balaban J connectivity index is 1.95. The van der Waals surface area contributed by atoms with Crippen molar-refractivity contribution in [2.45, 2.75) is 26.5 Å². The van der Waals surface area contributed by atoms with E-state index in [1.54, 1.807) is 0 Å². The molecule has 2 rings (SSSR count). The third kappa shape index (κ3) is 3.31. The number of ether oxygens (including phenoxy) is 1. The normalized spacial score (nSPS) is 22.1. The molecule has 0 saturated carbocycles. The lowest BCUT2D eigenvalue weighted by Crippen LogP contribution is -2.50. The van der Waals surface area contributed by atoms with E-state index in [-0.39, 0.29) is 11.5 Å². The highest BCUT2D eigenvalue weighted by Crippen LogP contribution is 2.25. The summed E-state index contributed by atoms with van der Waals surface area (Å²) in [4.78, 5) is 2.46. The molecule has 3 heteroatoms. The van der Waals surface area contributed by atoms with Crippen molar-refractivity contribution in [2.24, 2.45) is 11.1 Å². The van der Waals surface area contributed by atoms with Crippen LogP contribution in [0, 0.1) is 5.41 Å². The van der Waals surface area contributed by atoms with Crippen LogP contribution in [-0.2, 0) is 11.3 Å². The van der Waals surface area contributed by atoms with E-state index in [4.69, 9.17) is 10.5 Å². The zero-order chi connectivity index (χ0) is 13.0. The second-order valence-corrected chi connectivity index (χ2v) is 5.77. The summed E-state index contributed by atoms with van der Waals surface area (Å²) < 4.78 is 5.88. The van der Waals surface area contributed by atoms with Crippen molar-refractivity contribution in [3.8, 4) is 0 Å². The van der Waals surface area contributed by atoms with Gasteiger partial charge in [0.1, 0.15) is 0 Å². The van der Waals surface area contributed by atoms with Crippen molar-refractivity contribution in [3.05, 3.63) is 35.9 Å². The summed E-state index contributed by atoms with van der Waals surface area (Å²) in [7, 11) is 0. The van der Waals surface area contributed by atoms with Gasteiger partial charge in [-0.15, -0.1) is 0 Å². The highest BCUT2D eigenvalue weighted by Gasteiger charge is 2.33. The second kappa shape index (κ2) is 5.83. The minimum absolute atomic E-state index is 0.0510. The van der Waals surface area contributed by atoms with Crippen LogP contribution >= 0.6 is 0 Å². The Kier molecular flexibility index (Phi) is 4.38. The maximum atomic E-state index is 5.88. The van der Waals surface area contributed by atoms with Gasteiger partial charge in [-0.05, 0) is 12.1 Å². The van der Waals surface area contributed by atoms with E-state index >= 15 is 0 Å². The minimum Gasteiger partial charge on any atom is -0.375 e. The van der Waals surface area contributed by atoms with E-state index in [0.29, 0.717) is 6.54 Å². The lowest BCUT2D eigenvalue weighted by atomic mass is 9.85. The van der Waals surface area contributed by atoms with E-state index < -0.39 is 0 Å². The molecule has 1 unspecified atom stereocenters. The number of rotatable bonds is 4. The van der Waals surface area contributed by atoms with Crippen LogP contribution in [-0.4, -0.2) is 37.2 Å². The fourth-order valence-corrected chi connectivity index (χ4v) is 2.29. The molecule has 1 aromatic carbocycles. The van der Waals surface area contributed by atoms with E-state index in [2.05, 4.69) is 49.1 Å². The molecule has 0 aromatic heterocycles. The lowest BCUT2D eigenvalue weighted by molar-refractivity contribution is -0.0843. The molecule has 3 nitrogen and oxygen atoms in total. The maximum absolute atomic E-state index is 5.88. The highest BCUT2D eigenvalue weighted by molar-refractivity contribution is 5.14. The molecule has 0 spiro atoms. The van der Waals surface area contributed by atoms with Gasteiger partial charge in [0.05, 0.1) is 12.7 Å². The molecule has 1 atom stereocenters. The minimum atomic E-state index is 0.0510. The molecule has 1 aliphatic heterocycles. The molecule has 0 radical (unpaired) electrons. The Hall–Kier alpha value is -0.900. The number of hydrogen-bond donors (Lipinski definition) is 1. The van der Waals surface area contributed by atoms with Gasteiger partial charge < -0.3 is 10.5 Å². The maximum Gasteiger partial charge on any atom is 0.0765 e. The SMILES string of the molecule is CC(C)(CN)C1CN(Cc2ccccc2)CCO1. The first-order valence-electron chi connectivity index (χ1n) is 6.70. The van der Waals surface area contributed by atoms with Crippen molar-refractivity contribution in [1.82, 2.24) is 4.90 Å². The Labute approximate surface area is 110 Å². The van der Waals surface area contributed by atoms with Gasteiger partial charge in [-0.1, -0.05) is 44.2 Å². The summed E-state index contributed by atoms with van der Waals surface area (Å²) in [5.41, 5.74) is 7.25. The molecular formula is C15H24N2O. The number of nitrogens with zero attached hydrogens (tertiary/aromatic N) is 1. The van der Waals surface area contributed by atoms with Gasteiger partial charge in [-0.25, -0.2) is 0 Å². The first-order valence-corrected chi connectivity index (χ1v) is 6.70. The van der Waals surface area contributed by atoms with Crippen LogP contribution in [0.25, 0.3) is 0 Å². The van der Waals surface area contributed by atoms with Gasteiger partial charge in [0.2, 0.25) is 0 Å². The molecular weight excluding hydrogens is 224 g/mol. The third-order valence-corrected chi connectivity index (χ3v) is 3.80. The zero-order valence-corrected chi connectivity index (χ0v) is 11.4. The van der Waals surface area contributed by atoms with Gasteiger partial charge in [0, 0.05) is 25.0 Å². The number of hydrogen-bond acceptors (Lipinski definition) is 3. The molecule has 0 bridgehead atoms. The van der Waals surface area contributed by atoms with E-state index in [1.165, 1.54) is 5.56 Å². The second-order valence-electron chi connectivity index (χ2n) is 5.77. The topological polar surface area (TPSA) is 38.5 Å². The average Bonchev–Trinajstić information content (AvgIpc) is 2.40. The standard InChI is InChI=1S/C15H24N2O/c1-15(2,12-16)14-11-17(8-9-18-14)10-13-6-4-3-5-7-13/h3-7,14H,8-12,16H2,1-2H3. The monoisotopic (exact) mass is 248 g/mol. The molecule has 0 amide bonds. The van der Waals surface area contributed by atoms with Gasteiger partial charge in [0.25, 0.3) is 0 Å². The Morgan fingerprint density at radius 1 is 1.33 bits per heavy atom. The van der Waals surface area contributed by atoms with Crippen LogP contribution in [0.4, 0.5) is 0 Å². The van der Waals surface area contributed by atoms with Crippen LogP contribution in [0.15, 0.2) is 30.3 Å². The predicted octanol–water partition coefficient (Wildman–Crippen LogP) is 1.87. The van der Waals surface area contributed by atoms with Crippen LogP contribution in [0.3, 0.4) is 0 Å². The molecule has 0 aliphatic carbocycles. The number of morpholine rings is 1. The van der Waals surface area contributed by atoms with Crippen LogP contribution in [0.2, 0.25) is 0 Å². The average molecular weight is 248 g/mol. The van der Waals surface area contributed by atoms with E-state index in [1.807, 2.05) is 0 Å². The Morgan fingerprint density at radius 3 is 2.72 bits per heavy atom. The lowest BCUT2D eigenvalue weighted by Gasteiger charge is -2.40. The van der Waals surface area contributed by atoms with Gasteiger partial charge >= 0.3 is 0 Å². The molecule has 1 aliphatic rings. The van der Waals surface area contributed by atoms with Crippen molar-refractivity contribution >= 4 is 0 Å². The van der Waals surface area contributed by atoms with Crippen LogP contribution < -0.4 is 5.73 Å². The number of nitrogens with two attached hydrogens (primary N) is 1. The Bertz CT molecular complexity index is 364. The van der Waals surface area contributed by atoms with Crippen LogP contribution in [0.5, 0.6) is 0 Å². The summed E-state index contributed by atoms with van der Waals surface area (Å²) in [6.45, 7) is 8.82. The summed E-state index contributed by atoms with van der Waals surface area (Å²) in [5.74, 6) is 0. The molecule has 1 heterocycles. The smallest absolute Gasteiger partial charge is 0.0765 e. The molecule has 100 valence electrons. The first-order chi connectivity index (χ1) is 8.62. The van der Waals surface area contributed by atoms with Gasteiger partial charge in [-0.2, -0.15) is 0 Å². The summed E-state index contributed by atoms with van der Waals surface area (Å²) in [6.07, 6.45) is 0.236. The van der Waals surface area contributed by atoms with Gasteiger partial charge in [0.15, 0.2) is 0 Å². The number of benzene rings is 1.